The summed E-state index contributed by atoms with van der Waals surface area (Å²) in [5.74, 6) is 2.10. The van der Waals surface area contributed by atoms with Gasteiger partial charge >= 0.3 is 0 Å². The summed E-state index contributed by atoms with van der Waals surface area (Å²) in [5, 5.41) is 3.03. The van der Waals surface area contributed by atoms with Crippen LogP contribution in [0.25, 0.3) is 0 Å². The molecule has 2 aromatic carbocycles. The van der Waals surface area contributed by atoms with Gasteiger partial charge in [0.2, 0.25) is 5.91 Å². The fraction of sp³-hybridized carbons (Fsp3) is 0.462. The van der Waals surface area contributed by atoms with Crippen molar-refractivity contribution in [2.24, 2.45) is 0 Å². The normalized spacial score (nSPS) is 18.5. The molecule has 1 saturated heterocycles. The molecule has 1 N–H and O–H groups in total. The van der Waals surface area contributed by atoms with Crippen LogP contribution in [0.2, 0.25) is 0 Å². The Morgan fingerprint density at radius 1 is 1.12 bits per heavy atom. The van der Waals surface area contributed by atoms with E-state index < -0.39 is 6.04 Å². The quantitative estimate of drug-likeness (QED) is 0.654. The summed E-state index contributed by atoms with van der Waals surface area (Å²) >= 11 is 1.68. The molecule has 0 bridgehead atoms. The number of nitrogens with one attached hydrogen (secondary N) is 1. The van der Waals surface area contributed by atoms with E-state index in [0.717, 1.165) is 47.6 Å². The van der Waals surface area contributed by atoms with Crippen LogP contribution < -0.4 is 14.8 Å². The van der Waals surface area contributed by atoms with E-state index in [1.165, 1.54) is 0 Å². The van der Waals surface area contributed by atoms with E-state index in [4.69, 9.17) is 9.47 Å². The van der Waals surface area contributed by atoms with Crippen LogP contribution in [-0.2, 0) is 4.79 Å². The molecular formula is C26H32N2O4S. The summed E-state index contributed by atoms with van der Waals surface area (Å²) in [5.41, 5.74) is 2.57. The van der Waals surface area contributed by atoms with Crippen molar-refractivity contribution in [1.82, 2.24) is 10.2 Å². The van der Waals surface area contributed by atoms with Gasteiger partial charge in [-0.3, -0.25) is 9.59 Å². The summed E-state index contributed by atoms with van der Waals surface area (Å²) in [4.78, 5) is 28.6. The Bertz CT molecular complexity index is 996. The molecule has 7 heteroatoms. The van der Waals surface area contributed by atoms with Crippen LogP contribution in [0.3, 0.4) is 0 Å². The molecule has 2 atom stereocenters. The van der Waals surface area contributed by atoms with Gasteiger partial charge in [0.05, 0.1) is 19.3 Å². The molecule has 2 aliphatic rings. The summed E-state index contributed by atoms with van der Waals surface area (Å²) in [7, 11) is 0. The standard InChI is InChI=1S/C26H32N2O4S/c1-18-7-3-4-8-20(18)25(29)27-21(12-16-33-2)26(30)28-13-5-9-22(28)19-10-11-23-24(17-19)32-15-6-14-31-23/h3-4,7-8,10-11,17,21-22H,5-6,9,12-16H2,1-2H3,(H,27,29)/t21-,22+/m0/s1. The number of ether oxygens (including phenoxy) is 2. The van der Waals surface area contributed by atoms with E-state index in [-0.39, 0.29) is 17.9 Å². The molecule has 0 saturated carbocycles. The van der Waals surface area contributed by atoms with Crippen LogP contribution in [0, 0.1) is 6.92 Å². The van der Waals surface area contributed by atoms with E-state index in [1.54, 1.807) is 17.8 Å². The van der Waals surface area contributed by atoms with Gasteiger partial charge in [0.15, 0.2) is 11.5 Å². The number of hydrogen-bond donors (Lipinski definition) is 1. The molecule has 176 valence electrons. The summed E-state index contributed by atoms with van der Waals surface area (Å²) < 4.78 is 11.6. The number of benzene rings is 2. The van der Waals surface area contributed by atoms with Crippen molar-refractivity contribution >= 4 is 23.6 Å². The number of fused-ring (bicyclic) bond motifs is 1. The molecule has 2 heterocycles. The second kappa shape index (κ2) is 11.0. The van der Waals surface area contributed by atoms with Gasteiger partial charge in [-0.05, 0) is 67.5 Å². The average Bonchev–Trinajstić information content (AvgIpc) is 3.20. The number of rotatable bonds is 7. The molecule has 0 radical (unpaired) electrons. The molecule has 2 aliphatic heterocycles. The number of nitrogens with zero attached hydrogens (tertiary/aromatic N) is 1. The maximum atomic E-state index is 13.7. The van der Waals surface area contributed by atoms with Crippen LogP contribution in [0.4, 0.5) is 0 Å². The second-order valence-electron chi connectivity index (χ2n) is 8.57. The monoisotopic (exact) mass is 468 g/mol. The predicted octanol–water partition coefficient (Wildman–Crippen LogP) is 4.37. The summed E-state index contributed by atoms with van der Waals surface area (Å²) in [6.45, 7) is 3.88. The van der Waals surface area contributed by atoms with Crippen molar-refractivity contribution in [1.29, 1.82) is 0 Å². The molecule has 2 aromatic rings. The summed E-state index contributed by atoms with van der Waals surface area (Å²) in [6.07, 6.45) is 5.30. The number of thioether (sulfide) groups is 1. The van der Waals surface area contributed by atoms with Crippen LogP contribution in [0.5, 0.6) is 11.5 Å². The Morgan fingerprint density at radius 2 is 1.91 bits per heavy atom. The van der Waals surface area contributed by atoms with Crippen LogP contribution in [0.1, 0.15) is 53.2 Å². The lowest BCUT2D eigenvalue weighted by atomic mass is 10.0. The SMILES string of the molecule is CSCC[C@H](NC(=O)c1ccccc1C)C(=O)N1CCC[C@@H]1c1ccc2c(c1)OCCCO2. The third kappa shape index (κ3) is 5.46. The zero-order valence-electron chi connectivity index (χ0n) is 19.3. The Labute approximate surface area is 200 Å². The molecular weight excluding hydrogens is 436 g/mol. The smallest absolute Gasteiger partial charge is 0.252 e. The summed E-state index contributed by atoms with van der Waals surface area (Å²) in [6, 6.07) is 12.9. The fourth-order valence-electron chi connectivity index (χ4n) is 4.52. The minimum atomic E-state index is -0.550. The van der Waals surface area contributed by atoms with E-state index >= 15 is 0 Å². The Kier molecular flexibility index (Phi) is 7.81. The minimum Gasteiger partial charge on any atom is -0.490 e. The second-order valence-corrected chi connectivity index (χ2v) is 9.55. The van der Waals surface area contributed by atoms with Crippen molar-refractivity contribution in [2.45, 2.75) is 44.7 Å². The lowest BCUT2D eigenvalue weighted by molar-refractivity contribution is -0.134. The van der Waals surface area contributed by atoms with E-state index in [2.05, 4.69) is 5.32 Å². The number of carbonyl (C=O) groups excluding carboxylic acids is 2. The largest absolute Gasteiger partial charge is 0.490 e. The van der Waals surface area contributed by atoms with Gasteiger partial charge in [-0.15, -0.1) is 0 Å². The van der Waals surface area contributed by atoms with Crippen molar-refractivity contribution in [3.8, 4) is 11.5 Å². The topological polar surface area (TPSA) is 67.9 Å². The van der Waals surface area contributed by atoms with Crippen LogP contribution >= 0.6 is 11.8 Å². The average molecular weight is 469 g/mol. The minimum absolute atomic E-state index is 0.0133. The van der Waals surface area contributed by atoms with Crippen molar-refractivity contribution in [3.63, 3.8) is 0 Å². The highest BCUT2D eigenvalue weighted by Crippen LogP contribution is 2.38. The molecule has 1 fully saturated rings. The molecule has 0 unspecified atom stereocenters. The number of likely N-dealkylation sites (tertiary alicyclic amines) is 1. The third-order valence-electron chi connectivity index (χ3n) is 6.30. The van der Waals surface area contributed by atoms with Gasteiger partial charge in [-0.25, -0.2) is 0 Å². The first-order valence-electron chi connectivity index (χ1n) is 11.6. The van der Waals surface area contributed by atoms with Crippen LogP contribution in [0.15, 0.2) is 42.5 Å². The van der Waals surface area contributed by atoms with Gasteiger partial charge in [-0.1, -0.05) is 24.3 Å². The number of aryl methyl sites for hydroxylation is 1. The highest BCUT2D eigenvalue weighted by molar-refractivity contribution is 7.98. The van der Waals surface area contributed by atoms with E-state index in [0.29, 0.717) is 31.7 Å². The highest BCUT2D eigenvalue weighted by atomic mass is 32.2. The van der Waals surface area contributed by atoms with E-state index in [1.807, 2.05) is 54.5 Å². The highest BCUT2D eigenvalue weighted by Gasteiger charge is 2.35. The van der Waals surface area contributed by atoms with Gasteiger partial charge in [0.1, 0.15) is 6.04 Å². The number of amides is 2. The van der Waals surface area contributed by atoms with E-state index in [9.17, 15) is 9.59 Å². The first-order chi connectivity index (χ1) is 16.1. The van der Waals surface area contributed by atoms with Gasteiger partial charge < -0.3 is 19.7 Å². The van der Waals surface area contributed by atoms with Crippen LogP contribution in [-0.4, -0.2) is 54.5 Å². The predicted molar refractivity (Wildman–Crippen MR) is 131 cm³/mol. The lowest BCUT2D eigenvalue weighted by Crippen LogP contribution is -2.48. The molecule has 0 spiro atoms. The van der Waals surface area contributed by atoms with Gasteiger partial charge in [-0.2, -0.15) is 11.8 Å². The zero-order chi connectivity index (χ0) is 23.2. The first-order valence-corrected chi connectivity index (χ1v) is 13.0. The number of hydrogen-bond acceptors (Lipinski definition) is 5. The maximum Gasteiger partial charge on any atom is 0.252 e. The number of carbonyl (C=O) groups is 2. The molecule has 33 heavy (non-hydrogen) atoms. The molecule has 2 amide bonds. The third-order valence-corrected chi connectivity index (χ3v) is 6.94. The van der Waals surface area contributed by atoms with Crippen molar-refractivity contribution in [3.05, 3.63) is 59.2 Å². The Morgan fingerprint density at radius 3 is 2.70 bits per heavy atom. The fourth-order valence-corrected chi connectivity index (χ4v) is 4.99. The Hall–Kier alpha value is -2.67. The van der Waals surface area contributed by atoms with Crippen molar-refractivity contribution < 1.29 is 19.1 Å². The van der Waals surface area contributed by atoms with Crippen molar-refractivity contribution in [2.75, 3.05) is 31.8 Å². The molecule has 0 aliphatic carbocycles. The van der Waals surface area contributed by atoms with Gasteiger partial charge in [0.25, 0.3) is 5.91 Å². The molecule has 0 aromatic heterocycles. The Balaban J connectivity index is 1.53. The lowest BCUT2D eigenvalue weighted by Gasteiger charge is -2.30. The van der Waals surface area contributed by atoms with Gasteiger partial charge in [0, 0.05) is 18.5 Å². The maximum absolute atomic E-state index is 13.7. The molecule has 6 nitrogen and oxygen atoms in total. The molecule has 4 rings (SSSR count). The first kappa shape index (κ1) is 23.5. The zero-order valence-corrected chi connectivity index (χ0v) is 20.2.